The number of para-hydroxylation sites is 2. The van der Waals surface area contributed by atoms with Crippen molar-refractivity contribution >= 4 is 11.4 Å². The van der Waals surface area contributed by atoms with E-state index in [1.165, 1.54) is 6.07 Å². The molecule has 2 unspecified atom stereocenters. The Balaban J connectivity index is 2.13. The zero-order valence-electron chi connectivity index (χ0n) is 10.5. The number of nitrogens with zero attached hydrogens (tertiary/aromatic N) is 1. The Kier molecular flexibility index (Phi) is 4.15. The fourth-order valence-corrected chi connectivity index (χ4v) is 2.33. The Morgan fingerprint density at radius 1 is 1.56 bits per heavy atom. The highest BCUT2D eigenvalue weighted by Crippen LogP contribution is 2.27. The third kappa shape index (κ3) is 2.79. The van der Waals surface area contributed by atoms with Gasteiger partial charge < -0.3 is 10.1 Å². The van der Waals surface area contributed by atoms with Gasteiger partial charge in [0.1, 0.15) is 5.69 Å². The van der Waals surface area contributed by atoms with Crippen LogP contribution >= 0.6 is 0 Å². The highest BCUT2D eigenvalue weighted by atomic mass is 16.6. The summed E-state index contributed by atoms with van der Waals surface area (Å²) in [4.78, 5) is 10.6. The maximum absolute atomic E-state index is 10.9. The summed E-state index contributed by atoms with van der Waals surface area (Å²) in [5.41, 5.74) is 0.693. The van der Waals surface area contributed by atoms with Gasteiger partial charge in [-0.2, -0.15) is 0 Å². The number of nitro groups is 1. The van der Waals surface area contributed by atoms with Crippen LogP contribution in [0.2, 0.25) is 0 Å². The Hall–Kier alpha value is -1.62. The summed E-state index contributed by atoms with van der Waals surface area (Å²) in [7, 11) is 0. The van der Waals surface area contributed by atoms with Crippen LogP contribution in [0.5, 0.6) is 0 Å². The fraction of sp³-hybridized carbons (Fsp3) is 0.538. The summed E-state index contributed by atoms with van der Waals surface area (Å²) in [6, 6.07) is 6.88. The van der Waals surface area contributed by atoms with E-state index in [2.05, 4.69) is 12.2 Å². The lowest BCUT2D eigenvalue weighted by atomic mass is 10.0. The lowest BCUT2D eigenvalue weighted by molar-refractivity contribution is -0.384. The summed E-state index contributed by atoms with van der Waals surface area (Å²) in [5, 5.41) is 14.2. The first kappa shape index (κ1) is 12.8. The van der Waals surface area contributed by atoms with Gasteiger partial charge in [-0.25, -0.2) is 0 Å². The van der Waals surface area contributed by atoms with Crippen LogP contribution in [-0.2, 0) is 4.74 Å². The Bertz CT molecular complexity index is 416. The second-order valence-corrected chi connectivity index (χ2v) is 4.48. The molecule has 2 atom stereocenters. The molecule has 1 heterocycles. The average Bonchev–Trinajstić information content (AvgIpc) is 2.90. The third-order valence-corrected chi connectivity index (χ3v) is 3.30. The number of nitro benzene ring substituents is 1. The molecule has 2 rings (SSSR count). The molecule has 0 radical (unpaired) electrons. The number of hydrogen-bond acceptors (Lipinski definition) is 4. The van der Waals surface area contributed by atoms with Crippen molar-refractivity contribution in [3.8, 4) is 0 Å². The zero-order chi connectivity index (χ0) is 13.0. The zero-order valence-corrected chi connectivity index (χ0v) is 10.5. The highest BCUT2D eigenvalue weighted by Gasteiger charge is 2.26. The molecule has 1 fully saturated rings. The number of anilines is 1. The van der Waals surface area contributed by atoms with Gasteiger partial charge >= 0.3 is 0 Å². The van der Waals surface area contributed by atoms with Gasteiger partial charge in [0.15, 0.2) is 0 Å². The van der Waals surface area contributed by atoms with Crippen LogP contribution in [0.15, 0.2) is 24.3 Å². The molecule has 1 aromatic carbocycles. The van der Waals surface area contributed by atoms with Crippen molar-refractivity contribution in [3.05, 3.63) is 34.4 Å². The average molecular weight is 250 g/mol. The van der Waals surface area contributed by atoms with E-state index in [1.54, 1.807) is 18.2 Å². The van der Waals surface area contributed by atoms with E-state index in [-0.39, 0.29) is 22.8 Å². The van der Waals surface area contributed by atoms with Crippen LogP contribution in [0.3, 0.4) is 0 Å². The van der Waals surface area contributed by atoms with Crippen molar-refractivity contribution in [2.24, 2.45) is 0 Å². The van der Waals surface area contributed by atoms with Crippen LogP contribution in [0.25, 0.3) is 0 Å². The largest absolute Gasteiger partial charge is 0.376 e. The molecule has 98 valence electrons. The number of benzene rings is 1. The van der Waals surface area contributed by atoms with Crippen molar-refractivity contribution in [2.45, 2.75) is 38.3 Å². The molecule has 0 saturated carbocycles. The predicted octanol–water partition coefficient (Wildman–Crippen LogP) is 2.96. The molecule has 1 aliphatic heterocycles. The molecule has 1 saturated heterocycles. The minimum Gasteiger partial charge on any atom is -0.376 e. The first-order valence-electron chi connectivity index (χ1n) is 6.34. The minimum absolute atomic E-state index is 0.119. The molecule has 5 heteroatoms. The number of rotatable bonds is 5. The highest BCUT2D eigenvalue weighted by molar-refractivity contribution is 5.61. The molecular formula is C13H18N2O3. The summed E-state index contributed by atoms with van der Waals surface area (Å²) >= 11 is 0. The maximum Gasteiger partial charge on any atom is 0.292 e. The van der Waals surface area contributed by atoms with E-state index in [1.807, 2.05) is 0 Å². The van der Waals surface area contributed by atoms with Crippen LogP contribution in [0, 0.1) is 10.1 Å². The van der Waals surface area contributed by atoms with Crippen molar-refractivity contribution in [3.63, 3.8) is 0 Å². The number of ether oxygens (including phenoxy) is 1. The Labute approximate surface area is 106 Å². The minimum atomic E-state index is -0.357. The van der Waals surface area contributed by atoms with Gasteiger partial charge in [-0.3, -0.25) is 10.1 Å². The van der Waals surface area contributed by atoms with Gasteiger partial charge in [-0.1, -0.05) is 19.1 Å². The van der Waals surface area contributed by atoms with E-state index in [9.17, 15) is 10.1 Å². The van der Waals surface area contributed by atoms with E-state index in [4.69, 9.17) is 4.74 Å². The van der Waals surface area contributed by atoms with Crippen molar-refractivity contribution in [1.82, 2.24) is 0 Å². The molecule has 0 amide bonds. The second-order valence-electron chi connectivity index (χ2n) is 4.48. The Morgan fingerprint density at radius 3 is 2.94 bits per heavy atom. The normalized spacial score (nSPS) is 20.6. The van der Waals surface area contributed by atoms with Gasteiger partial charge in [0.2, 0.25) is 0 Å². The Morgan fingerprint density at radius 2 is 2.33 bits per heavy atom. The maximum atomic E-state index is 10.9. The van der Waals surface area contributed by atoms with Crippen molar-refractivity contribution < 1.29 is 9.66 Å². The first-order chi connectivity index (χ1) is 8.72. The van der Waals surface area contributed by atoms with Gasteiger partial charge in [0, 0.05) is 12.7 Å². The van der Waals surface area contributed by atoms with Crippen molar-refractivity contribution in [2.75, 3.05) is 11.9 Å². The summed E-state index contributed by atoms with van der Waals surface area (Å²) < 4.78 is 5.65. The second kappa shape index (κ2) is 5.82. The molecule has 1 aliphatic rings. The quantitative estimate of drug-likeness (QED) is 0.644. The fourth-order valence-electron chi connectivity index (χ4n) is 2.33. The smallest absolute Gasteiger partial charge is 0.292 e. The third-order valence-electron chi connectivity index (χ3n) is 3.30. The van der Waals surface area contributed by atoms with Gasteiger partial charge in [0.05, 0.1) is 17.1 Å². The molecular weight excluding hydrogens is 232 g/mol. The van der Waals surface area contributed by atoms with E-state index >= 15 is 0 Å². The number of hydrogen-bond donors (Lipinski definition) is 1. The van der Waals surface area contributed by atoms with Crippen LogP contribution < -0.4 is 5.32 Å². The molecule has 1 aromatic rings. The van der Waals surface area contributed by atoms with Crippen LogP contribution in [-0.4, -0.2) is 23.7 Å². The van der Waals surface area contributed by atoms with Gasteiger partial charge in [0.25, 0.3) is 5.69 Å². The summed E-state index contributed by atoms with van der Waals surface area (Å²) in [6.45, 7) is 2.86. The predicted molar refractivity (Wildman–Crippen MR) is 69.8 cm³/mol. The van der Waals surface area contributed by atoms with E-state index in [0.29, 0.717) is 5.69 Å². The topological polar surface area (TPSA) is 64.4 Å². The van der Waals surface area contributed by atoms with Crippen LogP contribution in [0.4, 0.5) is 11.4 Å². The standard InChI is InChI=1S/C13H18N2O3/c1-2-10(13-8-5-9-18-13)14-11-6-3-4-7-12(11)15(16)17/h3-4,6-7,10,13-14H,2,5,8-9H2,1H3. The van der Waals surface area contributed by atoms with E-state index < -0.39 is 0 Å². The molecule has 0 aliphatic carbocycles. The SMILES string of the molecule is CCC(Nc1ccccc1[N+](=O)[O-])C1CCCO1. The van der Waals surface area contributed by atoms with Crippen LogP contribution in [0.1, 0.15) is 26.2 Å². The molecule has 0 spiro atoms. The van der Waals surface area contributed by atoms with E-state index in [0.717, 1.165) is 25.9 Å². The lowest BCUT2D eigenvalue weighted by Crippen LogP contribution is -2.32. The van der Waals surface area contributed by atoms with Gasteiger partial charge in [-0.05, 0) is 25.3 Å². The molecule has 0 aromatic heterocycles. The molecule has 1 N–H and O–H groups in total. The molecule has 0 bridgehead atoms. The molecule has 5 nitrogen and oxygen atoms in total. The van der Waals surface area contributed by atoms with Gasteiger partial charge in [-0.15, -0.1) is 0 Å². The lowest BCUT2D eigenvalue weighted by Gasteiger charge is -2.23. The summed E-state index contributed by atoms with van der Waals surface area (Å²) in [5.74, 6) is 0. The summed E-state index contributed by atoms with van der Waals surface area (Å²) in [6.07, 6.45) is 3.14. The number of nitrogens with one attached hydrogen (secondary N) is 1. The van der Waals surface area contributed by atoms with Crippen molar-refractivity contribution in [1.29, 1.82) is 0 Å². The monoisotopic (exact) mass is 250 g/mol. The molecule has 18 heavy (non-hydrogen) atoms. The first-order valence-corrected chi connectivity index (χ1v) is 6.34.